The van der Waals surface area contributed by atoms with E-state index < -0.39 is 0 Å². The van der Waals surface area contributed by atoms with Gasteiger partial charge in [0.05, 0.1) is 25.0 Å². The molecule has 2 rings (SSSR count). The Bertz CT molecular complexity index is 601. The molecular weight excluding hydrogens is 317 g/mol. The van der Waals surface area contributed by atoms with Crippen molar-refractivity contribution in [2.45, 2.75) is 6.54 Å². The predicted molar refractivity (Wildman–Crippen MR) is 69.9 cm³/mol. The first-order valence-corrected chi connectivity index (χ1v) is 6.23. The van der Waals surface area contributed by atoms with Gasteiger partial charge < -0.3 is 11.1 Å². The summed E-state index contributed by atoms with van der Waals surface area (Å²) in [5.41, 5.74) is 6.41. The SMILES string of the molecule is NCC(=O)NCc1cn(-c2ccc(F)cc2Br)nn1. The summed E-state index contributed by atoms with van der Waals surface area (Å²) < 4.78 is 15.0. The first-order chi connectivity index (χ1) is 9.10. The summed E-state index contributed by atoms with van der Waals surface area (Å²) in [6.07, 6.45) is 1.65. The van der Waals surface area contributed by atoms with E-state index in [0.29, 0.717) is 15.9 Å². The molecule has 0 aliphatic heterocycles. The molecule has 0 unspecified atom stereocenters. The van der Waals surface area contributed by atoms with E-state index in [1.54, 1.807) is 12.3 Å². The lowest BCUT2D eigenvalue weighted by Crippen LogP contribution is -2.29. The zero-order chi connectivity index (χ0) is 13.8. The van der Waals surface area contributed by atoms with Crippen LogP contribution in [0.4, 0.5) is 4.39 Å². The predicted octanol–water partition coefficient (Wildman–Crippen LogP) is 0.744. The van der Waals surface area contributed by atoms with Crippen LogP contribution in [0, 0.1) is 5.82 Å². The van der Waals surface area contributed by atoms with Gasteiger partial charge in [0.15, 0.2) is 0 Å². The van der Waals surface area contributed by atoms with Crippen LogP contribution in [0.3, 0.4) is 0 Å². The molecule has 0 fully saturated rings. The molecule has 1 aromatic carbocycles. The first-order valence-electron chi connectivity index (χ1n) is 5.43. The fraction of sp³-hybridized carbons (Fsp3) is 0.182. The van der Waals surface area contributed by atoms with Gasteiger partial charge in [-0.2, -0.15) is 0 Å². The number of nitrogens with one attached hydrogen (secondary N) is 1. The lowest BCUT2D eigenvalue weighted by atomic mass is 10.3. The van der Waals surface area contributed by atoms with Crippen molar-refractivity contribution in [2.24, 2.45) is 5.73 Å². The number of nitrogens with two attached hydrogens (primary N) is 1. The molecule has 0 saturated carbocycles. The number of carbonyl (C=O) groups is 1. The first kappa shape index (κ1) is 13.6. The molecule has 1 aromatic heterocycles. The van der Waals surface area contributed by atoms with Crippen molar-refractivity contribution in [1.29, 1.82) is 0 Å². The second kappa shape index (κ2) is 5.89. The number of nitrogens with zero attached hydrogens (tertiary/aromatic N) is 3. The highest BCUT2D eigenvalue weighted by molar-refractivity contribution is 9.10. The molecule has 0 spiro atoms. The molecule has 19 heavy (non-hydrogen) atoms. The van der Waals surface area contributed by atoms with Gasteiger partial charge in [-0.25, -0.2) is 9.07 Å². The minimum absolute atomic E-state index is 0.0718. The van der Waals surface area contributed by atoms with E-state index in [-0.39, 0.29) is 24.8 Å². The Morgan fingerprint density at radius 3 is 3.00 bits per heavy atom. The Balaban J connectivity index is 2.14. The summed E-state index contributed by atoms with van der Waals surface area (Å²) >= 11 is 3.25. The van der Waals surface area contributed by atoms with Crippen LogP contribution in [0.2, 0.25) is 0 Å². The quantitative estimate of drug-likeness (QED) is 0.867. The summed E-state index contributed by atoms with van der Waals surface area (Å²) in [6, 6.07) is 4.25. The van der Waals surface area contributed by atoms with Crippen molar-refractivity contribution >= 4 is 21.8 Å². The number of benzene rings is 1. The van der Waals surface area contributed by atoms with Gasteiger partial charge in [0.1, 0.15) is 11.5 Å². The van der Waals surface area contributed by atoms with Crippen LogP contribution < -0.4 is 11.1 Å². The number of halogens is 2. The molecule has 1 amide bonds. The second-order valence-electron chi connectivity index (χ2n) is 3.73. The molecule has 0 atom stereocenters. The Kier molecular flexibility index (Phi) is 4.23. The molecule has 0 saturated heterocycles. The highest BCUT2D eigenvalue weighted by Crippen LogP contribution is 2.21. The number of hydrogen-bond acceptors (Lipinski definition) is 4. The Morgan fingerprint density at radius 1 is 1.53 bits per heavy atom. The highest BCUT2D eigenvalue weighted by atomic mass is 79.9. The molecular formula is C11H11BrFN5O. The largest absolute Gasteiger partial charge is 0.349 e. The van der Waals surface area contributed by atoms with Crippen LogP contribution in [-0.4, -0.2) is 27.4 Å². The van der Waals surface area contributed by atoms with E-state index in [1.165, 1.54) is 16.8 Å². The molecule has 2 aromatic rings. The van der Waals surface area contributed by atoms with Gasteiger partial charge in [-0.3, -0.25) is 4.79 Å². The van der Waals surface area contributed by atoms with Gasteiger partial charge in [0.25, 0.3) is 0 Å². The molecule has 3 N–H and O–H groups in total. The zero-order valence-electron chi connectivity index (χ0n) is 9.81. The van der Waals surface area contributed by atoms with E-state index in [1.807, 2.05) is 0 Å². The number of aromatic nitrogens is 3. The minimum Gasteiger partial charge on any atom is -0.349 e. The topological polar surface area (TPSA) is 85.8 Å². The van der Waals surface area contributed by atoms with E-state index in [2.05, 4.69) is 31.6 Å². The van der Waals surface area contributed by atoms with Gasteiger partial charge in [0.2, 0.25) is 5.91 Å². The van der Waals surface area contributed by atoms with Gasteiger partial charge in [-0.05, 0) is 34.1 Å². The van der Waals surface area contributed by atoms with Crippen molar-refractivity contribution in [3.05, 3.63) is 40.4 Å². The highest BCUT2D eigenvalue weighted by Gasteiger charge is 2.08. The van der Waals surface area contributed by atoms with E-state index in [4.69, 9.17) is 5.73 Å². The van der Waals surface area contributed by atoms with Crippen molar-refractivity contribution < 1.29 is 9.18 Å². The minimum atomic E-state index is -0.342. The van der Waals surface area contributed by atoms with Crippen LogP contribution in [0.5, 0.6) is 0 Å². The molecule has 100 valence electrons. The van der Waals surface area contributed by atoms with Gasteiger partial charge in [0, 0.05) is 4.47 Å². The van der Waals surface area contributed by atoms with Crippen molar-refractivity contribution in [3.8, 4) is 5.69 Å². The summed E-state index contributed by atoms with van der Waals surface area (Å²) in [5, 5.41) is 10.4. The smallest absolute Gasteiger partial charge is 0.234 e. The summed E-state index contributed by atoms with van der Waals surface area (Å²) in [7, 11) is 0. The summed E-state index contributed by atoms with van der Waals surface area (Å²) in [4.78, 5) is 11.0. The van der Waals surface area contributed by atoms with Gasteiger partial charge >= 0.3 is 0 Å². The third kappa shape index (κ3) is 3.36. The Morgan fingerprint density at radius 2 is 2.32 bits per heavy atom. The maximum absolute atomic E-state index is 13.0. The number of carbonyl (C=O) groups excluding carboxylic acids is 1. The molecule has 0 bridgehead atoms. The molecule has 0 aliphatic rings. The fourth-order valence-corrected chi connectivity index (χ4v) is 1.96. The van der Waals surface area contributed by atoms with E-state index in [0.717, 1.165) is 0 Å². The Hall–Kier alpha value is -1.80. The van der Waals surface area contributed by atoms with Gasteiger partial charge in [-0.1, -0.05) is 5.21 Å². The van der Waals surface area contributed by atoms with Gasteiger partial charge in [-0.15, -0.1) is 5.10 Å². The molecule has 8 heteroatoms. The third-order valence-electron chi connectivity index (χ3n) is 2.35. The van der Waals surface area contributed by atoms with Crippen LogP contribution in [-0.2, 0) is 11.3 Å². The molecule has 6 nitrogen and oxygen atoms in total. The van der Waals surface area contributed by atoms with Crippen LogP contribution in [0.15, 0.2) is 28.9 Å². The average Bonchev–Trinajstić information content (AvgIpc) is 2.84. The standard InChI is InChI=1S/C11H11BrFN5O/c12-9-3-7(13)1-2-10(9)18-6-8(16-17-18)5-15-11(19)4-14/h1-3,6H,4-5,14H2,(H,15,19). The zero-order valence-corrected chi connectivity index (χ0v) is 11.4. The summed E-state index contributed by atoms with van der Waals surface area (Å²) in [6.45, 7) is 0.173. The van der Waals surface area contributed by atoms with Crippen LogP contribution in [0.1, 0.15) is 5.69 Å². The number of hydrogen-bond donors (Lipinski definition) is 2. The molecule has 1 heterocycles. The number of amides is 1. The fourth-order valence-electron chi connectivity index (χ4n) is 1.43. The van der Waals surface area contributed by atoms with Crippen LogP contribution in [0.25, 0.3) is 5.69 Å². The molecule has 0 radical (unpaired) electrons. The normalized spacial score (nSPS) is 10.5. The maximum Gasteiger partial charge on any atom is 0.234 e. The number of rotatable bonds is 4. The van der Waals surface area contributed by atoms with Crippen molar-refractivity contribution in [1.82, 2.24) is 20.3 Å². The van der Waals surface area contributed by atoms with Crippen molar-refractivity contribution in [3.63, 3.8) is 0 Å². The monoisotopic (exact) mass is 327 g/mol. The Labute approximate surface area is 116 Å². The second-order valence-corrected chi connectivity index (χ2v) is 4.59. The lowest BCUT2D eigenvalue weighted by Gasteiger charge is -2.03. The summed E-state index contributed by atoms with van der Waals surface area (Å²) in [5.74, 6) is -0.608. The average molecular weight is 328 g/mol. The maximum atomic E-state index is 13.0. The lowest BCUT2D eigenvalue weighted by molar-refractivity contribution is -0.119. The molecule has 0 aliphatic carbocycles. The van der Waals surface area contributed by atoms with E-state index >= 15 is 0 Å². The third-order valence-corrected chi connectivity index (χ3v) is 2.98. The van der Waals surface area contributed by atoms with Crippen LogP contribution >= 0.6 is 15.9 Å². The van der Waals surface area contributed by atoms with Crippen molar-refractivity contribution in [2.75, 3.05) is 6.54 Å². The van der Waals surface area contributed by atoms with E-state index in [9.17, 15) is 9.18 Å².